The largest absolute Gasteiger partial charge is 0.368 e. The number of benzene rings is 1. The predicted octanol–water partition coefficient (Wildman–Crippen LogP) is 5.32. The molecule has 0 saturated heterocycles. The zero-order valence-corrected chi connectivity index (χ0v) is 14.9. The number of rotatable bonds is 5. The minimum absolute atomic E-state index is 0.811. The topological polar surface area (TPSA) is 53.6 Å². The first-order chi connectivity index (χ1) is 12.3. The van der Waals surface area contributed by atoms with Gasteiger partial charge < -0.3 is 10.3 Å². The van der Waals surface area contributed by atoms with Crippen molar-refractivity contribution in [2.24, 2.45) is 5.92 Å². The van der Waals surface area contributed by atoms with E-state index in [1.807, 2.05) is 13.0 Å². The Hall–Kier alpha value is -2.36. The van der Waals surface area contributed by atoms with E-state index in [-0.39, 0.29) is 0 Å². The van der Waals surface area contributed by atoms with Crippen LogP contribution in [0.3, 0.4) is 0 Å². The number of anilines is 1. The molecule has 0 radical (unpaired) electrons. The second-order valence-electron chi connectivity index (χ2n) is 7.15. The Balaban J connectivity index is 1.54. The van der Waals surface area contributed by atoms with Gasteiger partial charge in [0.2, 0.25) is 0 Å². The van der Waals surface area contributed by atoms with Gasteiger partial charge in [0.05, 0.1) is 5.52 Å². The highest BCUT2D eigenvalue weighted by molar-refractivity contribution is 5.90. The third-order valence-corrected chi connectivity index (χ3v) is 5.24. The molecule has 1 fully saturated rings. The number of fused-ring (bicyclic) bond motifs is 1. The number of aromatic nitrogens is 3. The number of aromatic amines is 1. The van der Waals surface area contributed by atoms with Crippen molar-refractivity contribution in [3.8, 4) is 11.3 Å². The molecule has 4 rings (SSSR count). The Labute approximate surface area is 149 Å². The zero-order valence-electron chi connectivity index (χ0n) is 14.9. The third-order valence-electron chi connectivity index (χ3n) is 5.24. The highest BCUT2D eigenvalue weighted by atomic mass is 15.1. The molecule has 2 aromatic heterocycles. The van der Waals surface area contributed by atoms with E-state index < -0.39 is 0 Å². The molecule has 4 heteroatoms. The molecule has 3 aromatic rings. The van der Waals surface area contributed by atoms with Gasteiger partial charge >= 0.3 is 0 Å². The van der Waals surface area contributed by atoms with Crippen LogP contribution in [0.5, 0.6) is 0 Å². The molecule has 0 amide bonds. The molecule has 0 bridgehead atoms. The summed E-state index contributed by atoms with van der Waals surface area (Å²) in [5.74, 6) is 2.62. The number of hydrogen-bond donors (Lipinski definition) is 2. The SMILES string of the molecule is Cc1nc(NCCC2CCCCC2)c2[nH]c(-c3ccccc3)cc2n1. The molecule has 0 spiro atoms. The molecule has 1 aliphatic carbocycles. The van der Waals surface area contributed by atoms with Crippen molar-refractivity contribution in [3.63, 3.8) is 0 Å². The fourth-order valence-corrected chi connectivity index (χ4v) is 3.90. The van der Waals surface area contributed by atoms with E-state index in [4.69, 9.17) is 0 Å². The lowest BCUT2D eigenvalue weighted by Crippen LogP contribution is -2.13. The van der Waals surface area contributed by atoms with Crippen LogP contribution in [0.1, 0.15) is 44.3 Å². The summed E-state index contributed by atoms with van der Waals surface area (Å²) in [5, 5.41) is 3.56. The summed E-state index contributed by atoms with van der Waals surface area (Å²) in [6.45, 7) is 2.94. The Morgan fingerprint density at radius 1 is 1.08 bits per heavy atom. The quantitative estimate of drug-likeness (QED) is 0.664. The second-order valence-corrected chi connectivity index (χ2v) is 7.15. The number of aryl methyl sites for hydroxylation is 1. The van der Waals surface area contributed by atoms with Crippen LogP contribution in [0, 0.1) is 12.8 Å². The molecule has 0 atom stereocenters. The molecule has 4 nitrogen and oxygen atoms in total. The zero-order chi connectivity index (χ0) is 17.1. The first kappa shape index (κ1) is 16.1. The maximum absolute atomic E-state index is 4.64. The van der Waals surface area contributed by atoms with Crippen LogP contribution in [-0.4, -0.2) is 21.5 Å². The van der Waals surface area contributed by atoms with Crippen LogP contribution in [0.15, 0.2) is 36.4 Å². The van der Waals surface area contributed by atoms with Crippen LogP contribution < -0.4 is 5.32 Å². The van der Waals surface area contributed by atoms with Gasteiger partial charge in [-0.1, -0.05) is 62.4 Å². The molecule has 1 aliphatic rings. The minimum atomic E-state index is 0.811. The van der Waals surface area contributed by atoms with E-state index in [0.29, 0.717) is 0 Å². The van der Waals surface area contributed by atoms with E-state index in [1.54, 1.807) is 0 Å². The number of nitrogens with one attached hydrogen (secondary N) is 2. The first-order valence-electron chi connectivity index (χ1n) is 9.46. The Morgan fingerprint density at radius 2 is 1.88 bits per heavy atom. The van der Waals surface area contributed by atoms with Crippen molar-refractivity contribution in [2.75, 3.05) is 11.9 Å². The smallest absolute Gasteiger partial charge is 0.154 e. The van der Waals surface area contributed by atoms with Gasteiger partial charge in [0, 0.05) is 12.2 Å². The highest BCUT2D eigenvalue weighted by Crippen LogP contribution is 2.28. The number of nitrogens with zero attached hydrogens (tertiary/aromatic N) is 2. The fraction of sp³-hybridized carbons (Fsp3) is 0.429. The number of H-pyrrole nitrogens is 1. The summed E-state index contributed by atoms with van der Waals surface area (Å²) in [4.78, 5) is 12.7. The molecule has 130 valence electrons. The second kappa shape index (κ2) is 7.26. The maximum atomic E-state index is 4.64. The molecule has 0 aliphatic heterocycles. The van der Waals surface area contributed by atoms with E-state index in [2.05, 4.69) is 50.6 Å². The van der Waals surface area contributed by atoms with Crippen LogP contribution >= 0.6 is 0 Å². The van der Waals surface area contributed by atoms with Gasteiger partial charge in [-0.2, -0.15) is 0 Å². The van der Waals surface area contributed by atoms with Crippen molar-refractivity contribution in [1.29, 1.82) is 0 Å². The Kier molecular flexibility index (Phi) is 4.68. The summed E-state index contributed by atoms with van der Waals surface area (Å²) in [6, 6.07) is 12.5. The average molecular weight is 334 g/mol. The van der Waals surface area contributed by atoms with Crippen LogP contribution in [0.25, 0.3) is 22.3 Å². The lowest BCUT2D eigenvalue weighted by atomic mass is 9.87. The lowest BCUT2D eigenvalue weighted by Gasteiger charge is -2.21. The third kappa shape index (κ3) is 3.68. The highest BCUT2D eigenvalue weighted by Gasteiger charge is 2.14. The summed E-state index contributed by atoms with van der Waals surface area (Å²) >= 11 is 0. The molecular weight excluding hydrogens is 308 g/mol. The molecule has 0 unspecified atom stereocenters. The van der Waals surface area contributed by atoms with Gasteiger partial charge in [-0.15, -0.1) is 0 Å². The normalized spacial score (nSPS) is 15.6. The monoisotopic (exact) mass is 334 g/mol. The minimum Gasteiger partial charge on any atom is -0.368 e. The Bertz CT molecular complexity index is 832. The van der Waals surface area contributed by atoms with E-state index in [1.165, 1.54) is 44.1 Å². The van der Waals surface area contributed by atoms with Crippen molar-refractivity contribution in [3.05, 3.63) is 42.2 Å². The maximum Gasteiger partial charge on any atom is 0.154 e. The van der Waals surface area contributed by atoms with Crippen molar-refractivity contribution in [2.45, 2.75) is 45.4 Å². The van der Waals surface area contributed by atoms with Gasteiger partial charge in [-0.25, -0.2) is 9.97 Å². The van der Waals surface area contributed by atoms with Crippen molar-refractivity contribution in [1.82, 2.24) is 15.0 Å². The van der Waals surface area contributed by atoms with E-state index in [9.17, 15) is 0 Å². The van der Waals surface area contributed by atoms with Crippen LogP contribution in [-0.2, 0) is 0 Å². The van der Waals surface area contributed by atoms with Gasteiger partial charge in [0.25, 0.3) is 0 Å². The first-order valence-corrected chi connectivity index (χ1v) is 9.46. The summed E-state index contributed by atoms with van der Waals surface area (Å²) in [5.41, 5.74) is 4.25. The lowest BCUT2D eigenvalue weighted by molar-refractivity contribution is 0.345. The van der Waals surface area contributed by atoms with Gasteiger partial charge in [0.15, 0.2) is 5.82 Å². The molecular formula is C21H26N4. The van der Waals surface area contributed by atoms with Crippen LogP contribution in [0.4, 0.5) is 5.82 Å². The molecule has 1 saturated carbocycles. The van der Waals surface area contributed by atoms with Crippen molar-refractivity contribution >= 4 is 16.9 Å². The average Bonchev–Trinajstić information content (AvgIpc) is 3.07. The predicted molar refractivity (Wildman–Crippen MR) is 104 cm³/mol. The summed E-state index contributed by atoms with van der Waals surface area (Å²) in [7, 11) is 0. The fourth-order valence-electron chi connectivity index (χ4n) is 3.90. The van der Waals surface area contributed by atoms with Crippen molar-refractivity contribution < 1.29 is 0 Å². The molecule has 2 heterocycles. The summed E-state index contributed by atoms with van der Waals surface area (Å²) in [6.07, 6.45) is 8.23. The van der Waals surface area contributed by atoms with E-state index in [0.717, 1.165) is 40.8 Å². The number of hydrogen-bond acceptors (Lipinski definition) is 3. The molecule has 1 aromatic carbocycles. The molecule has 2 N–H and O–H groups in total. The van der Waals surface area contributed by atoms with Gasteiger partial charge in [0.1, 0.15) is 11.3 Å². The Morgan fingerprint density at radius 3 is 2.68 bits per heavy atom. The van der Waals surface area contributed by atoms with Gasteiger partial charge in [-0.05, 0) is 30.9 Å². The van der Waals surface area contributed by atoms with Gasteiger partial charge in [-0.3, -0.25) is 0 Å². The van der Waals surface area contributed by atoms with Crippen LogP contribution in [0.2, 0.25) is 0 Å². The van der Waals surface area contributed by atoms with E-state index >= 15 is 0 Å². The standard InChI is InChI=1S/C21H26N4/c1-15-23-19-14-18(17-10-6-3-7-11-17)25-20(19)21(24-15)22-13-12-16-8-4-2-5-9-16/h3,6-7,10-11,14,16,25H,2,4-5,8-9,12-13H2,1H3,(H,22,23,24). The molecule has 25 heavy (non-hydrogen) atoms. The summed E-state index contributed by atoms with van der Waals surface area (Å²) < 4.78 is 0.